The SMILES string of the molecule is Br.C#Cc1ccccc1.[H-].[H-].[Mg+2]. The average molecular weight is 209 g/mol. The van der Waals surface area contributed by atoms with Crippen molar-refractivity contribution in [1.82, 2.24) is 0 Å². The molecule has 0 saturated heterocycles. The van der Waals surface area contributed by atoms with Crippen molar-refractivity contribution in [2.75, 3.05) is 0 Å². The van der Waals surface area contributed by atoms with Gasteiger partial charge in [-0.05, 0) is 12.1 Å². The molecule has 1 aromatic carbocycles. The van der Waals surface area contributed by atoms with Gasteiger partial charge in [-0.3, -0.25) is 0 Å². The zero-order valence-electron chi connectivity index (χ0n) is 7.58. The standard InChI is InChI=1S/C8H6.BrH.Mg.2H/c1-2-8-6-4-3-5-7-8;;;;/h1,3-7H;1H;;;/q;;+2;2*-1. The molecule has 0 aromatic heterocycles. The average Bonchev–Trinajstić information content (AvgIpc) is 1.90. The molecule has 0 atom stereocenters. The fourth-order valence-corrected chi connectivity index (χ4v) is 0.534. The van der Waals surface area contributed by atoms with Gasteiger partial charge in [-0.15, -0.1) is 23.4 Å². The Morgan fingerprint density at radius 3 is 2.00 bits per heavy atom. The summed E-state index contributed by atoms with van der Waals surface area (Å²) in [7, 11) is 0. The van der Waals surface area contributed by atoms with E-state index in [1.807, 2.05) is 30.3 Å². The molecule has 2 heteroatoms. The molecule has 0 saturated carbocycles. The van der Waals surface area contributed by atoms with E-state index in [1.165, 1.54) is 0 Å². The molecule has 0 radical (unpaired) electrons. The number of hydrogen-bond acceptors (Lipinski definition) is 0. The summed E-state index contributed by atoms with van der Waals surface area (Å²) in [5.41, 5.74) is 0.938. The molecule has 50 valence electrons. The number of halogens is 1. The van der Waals surface area contributed by atoms with Gasteiger partial charge in [-0.25, -0.2) is 0 Å². The van der Waals surface area contributed by atoms with Gasteiger partial charge >= 0.3 is 23.1 Å². The summed E-state index contributed by atoms with van der Waals surface area (Å²) in [6, 6.07) is 9.60. The Bertz CT molecular complexity index is 208. The van der Waals surface area contributed by atoms with E-state index in [9.17, 15) is 0 Å². The van der Waals surface area contributed by atoms with Gasteiger partial charge < -0.3 is 2.85 Å². The summed E-state index contributed by atoms with van der Waals surface area (Å²) in [5.74, 6) is 2.53. The van der Waals surface area contributed by atoms with Crippen LogP contribution in [0.25, 0.3) is 0 Å². The summed E-state index contributed by atoms with van der Waals surface area (Å²) < 4.78 is 0. The Morgan fingerprint density at radius 2 is 1.70 bits per heavy atom. The summed E-state index contributed by atoms with van der Waals surface area (Å²) in [6.07, 6.45) is 5.10. The van der Waals surface area contributed by atoms with Crippen molar-refractivity contribution in [2.45, 2.75) is 0 Å². The molecule has 0 spiro atoms. The van der Waals surface area contributed by atoms with Crippen LogP contribution < -0.4 is 0 Å². The maximum atomic E-state index is 5.10. The van der Waals surface area contributed by atoms with Gasteiger partial charge in [0.15, 0.2) is 0 Å². The molecular weight excluding hydrogens is 200 g/mol. The first-order valence-electron chi connectivity index (χ1n) is 2.45. The van der Waals surface area contributed by atoms with Crippen LogP contribution in [0.3, 0.4) is 0 Å². The fourth-order valence-electron chi connectivity index (χ4n) is 0.534. The van der Waals surface area contributed by atoms with Crippen LogP contribution in [0.1, 0.15) is 8.42 Å². The monoisotopic (exact) mass is 208 g/mol. The molecule has 0 amide bonds. The number of rotatable bonds is 0. The van der Waals surface area contributed by atoms with E-state index in [1.54, 1.807) is 0 Å². The third kappa shape index (κ3) is 3.94. The molecule has 0 heterocycles. The molecule has 0 nitrogen and oxygen atoms in total. The van der Waals surface area contributed by atoms with Crippen LogP contribution in [0.5, 0.6) is 0 Å². The van der Waals surface area contributed by atoms with Crippen LogP contribution in [-0.4, -0.2) is 23.1 Å². The van der Waals surface area contributed by atoms with E-state index in [4.69, 9.17) is 6.42 Å². The van der Waals surface area contributed by atoms with Crippen LogP contribution in [0.4, 0.5) is 0 Å². The van der Waals surface area contributed by atoms with Crippen LogP contribution in [-0.2, 0) is 0 Å². The first-order chi connectivity index (χ1) is 3.93. The Kier molecular flexibility index (Phi) is 9.05. The summed E-state index contributed by atoms with van der Waals surface area (Å²) in [5, 5.41) is 0. The number of benzene rings is 1. The van der Waals surface area contributed by atoms with Gasteiger partial charge in [0.2, 0.25) is 0 Å². The molecule has 1 rings (SSSR count). The van der Waals surface area contributed by atoms with E-state index < -0.39 is 0 Å². The minimum atomic E-state index is 0. The van der Waals surface area contributed by atoms with Crippen LogP contribution in [0.2, 0.25) is 0 Å². The summed E-state index contributed by atoms with van der Waals surface area (Å²) in [6.45, 7) is 0. The number of terminal acetylenes is 1. The minimum Gasteiger partial charge on any atom is -1.00 e. The summed E-state index contributed by atoms with van der Waals surface area (Å²) >= 11 is 0. The smallest absolute Gasteiger partial charge is 1.00 e. The largest absolute Gasteiger partial charge is 2.00 e. The van der Waals surface area contributed by atoms with Crippen molar-refractivity contribution in [1.29, 1.82) is 0 Å². The number of hydrogen-bond donors (Lipinski definition) is 0. The molecule has 10 heavy (non-hydrogen) atoms. The van der Waals surface area contributed by atoms with E-state index in [0.29, 0.717) is 0 Å². The van der Waals surface area contributed by atoms with E-state index in [-0.39, 0.29) is 42.9 Å². The predicted molar refractivity (Wildman–Crippen MR) is 52.7 cm³/mol. The quantitative estimate of drug-likeness (QED) is 0.453. The van der Waals surface area contributed by atoms with Gasteiger partial charge in [-0.2, -0.15) is 0 Å². The van der Waals surface area contributed by atoms with Crippen molar-refractivity contribution >= 4 is 40.0 Å². The molecule has 0 bridgehead atoms. The van der Waals surface area contributed by atoms with Crippen molar-refractivity contribution < 1.29 is 2.85 Å². The zero-order valence-corrected chi connectivity index (χ0v) is 8.71. The van der Waals surface area contributed by atoms with Crippen molar-refractivity contribution in [3.05, 3.63) is 35.9 Å². The molecule has 0 unspecified atom stereocenters. The second-order valence-electron chi connectivity index (χ2n) is 1.51. The van der Waals surface area contributed by atoms with Gasteiger partial charge in [0, 0.05) is 5.56 Å². The first-order valence-corrected chi connectivity index (χ1v) is 2.45. The Hall–Kier alpha value is 0.0262. The van der Waals surface area contributed by atoms with E-state index in [0.717, 1.165) is 5.56 Å². The maximum absolute atomic E-state index is 5.10. The van der Waals surface area contributed by atoms with Crippen molar-refractivity contribution in [2.24, 2.45) is 0 Å². The topological polar surface area (TPSA) is 0 Å². The fraction of sp³-hybridized carbons (Fsp3) is 0. The van der Waals surface area contributed by atoms with Crippen molar-refractivity contribution in [3.63, 3.8) is 0 Å². The van der Waals surface area contributed by atoms with Gasteiger partial charge in [-0.1, -0.05) is 24.1 Å². The van der Waals surface area contributed by atoms with Crippen LogP contribution >= 0.6 is 17.0 Å². The molecule has 0 aliphatic rings. The molecule has 0 N–H and O–H groups in total. The van der Waals surface area contributed by atoms with Gasteiger partial charge in [0.25, 0.3) is 0 Å². The molecule has 0 fully saturated rings. The normalized spacial score (nSPS) is 6.30. The van der Waals surface area contributed by atoms with Gasteiger partial charge in [0.1, 0.15) is 0 Å². The van der Waals surface area contributed by atoms with E-state index >= 15 is 0 Å². The van der Waals surface area contributed by atoms with Crippen molar-refractivity contribution in [3.8, 4) is 12.3 Å². The Morgan fingerprint density at radius 1 is 1.20 bits per heavy atom. The Balaban J connectivity index is -0.0000000800. The Labute approximate surface area is 90.9 Å². The molecule has 0 aliphatic heterocycles. The minimum absolute atomic E-state index is 0. The molecule has 0 aliphatic carbocycles. The van der Waals surface area contributed by atoms with Crippen LogP contribution in [0, 0.1) is 12.3 Å². The second kappa shape index (κ2) is 7.14. The first kappa shape index (κ1) is 12.7. The zero-order chi connectivity index (χ0) is 5.82. The molecular formula is C8H9BrMg. The second-order valence-corrected chi connectivity index (χ2v) is 1.51. The third-order valence-electron chi connectivity index (χ3n) is 0.940. The van der Waals surface area contributed by atoms with E-state index in [2.05, 4.69) is 5.92 Å². The maximum Gasteiger partial charge on any atom is 2.00 e. The van der Waals surface area contributed by atoms with Crippen LogP contribution in [0.15, 0.2) is 30.3 Å². The third-order valence-corrected chi connectivity index (χ3v) is 0.940. The van der Waals surface area contributed by atoms with Gasteiger partial charge in [0.05, 0.1) is 0 Å². The predicted octanol–water partition coefficient (Wildman–Crippen LogP) is 2.09. The summed E-state index contributed by atoms with van der Waals surface area (Å²) in [4.78, 5) is 0. The molecule has 1 aromatic rings.